The quantitative estimate of drug-likeness (QED) is 0.264. The maximum absolute atomic E-state index is 6.23. The summed E-state index contributed by atoms with van der Waals surface area (Å²) in [7, 11) is 4.14. The fraction of sp³-hybridized carbons (Fsp3) is 0.387. The molecule has 5 rings (SSSR count). The van der Waals surface area contributed by atoms with E-state index < -0.39 is 0 Å². The molecule has 0 spiro atoms. The van der Waals surface area contributed by atoms with E-state index in [-0.39, 0.29) is 0 Å². The van der Waals surface area contributed by atoms with Crippen molar-refractivity contribution in [2.75, 3.05) is 27.2 Å². The Kier molecular flexibility index (Phi) is 7.99. The van der Waals surface area contributed by atoms with E-state index in [1.165, 1.54) is 31.5 Å². The number of hydrogen-bond donors (Lipinski definition) is 0. The lowest BCUT2D eigenvalue weighted by molar-refractivity contribution is 0.172. The highest BCUT2D eigenvalue weighted by molar-refractivity contribution is 5.84. The molecule has 0 saturated carbocycles. The highest BCUT2D eigenvalue weighted by atomic mass is 16.5. The minimum atomic E-state index is 0.538. The highest BCUT2D eigenvalue weighted by Gasteiger charge is 2.22. The van der Waals surface area contributed by atoms with Gasteiger partial charge in [0.25, 0.3) is 0 Å². The summed E-state index contributed by atoms with van der Waals surface area (Å²) in [5, 5.41) is 5.64. The van der Waals surface area contributed by atoms with Crippen LogP contribution in [0.3, 0.4) is 0 Å². The van der Waals surface area contributed by atoms with Crippen LogP contribution >= 0.6 is 0 Å². The molecule has 1 aliphatic rings. The lowest BCUT2D eigenvalue weighted by atomic mass is 9.91. The second-order valence-corrected chi connectivity index (χ2v) is 10.3. The Labute approximate surface area is 214 Å². The van der Waals surface area contributed by atoms with Crippen molar-refractivity contribution in [3.63, 3.8) is 0 Å². The lowest BCUT2D eigenvalue weighted by Gasteiger charge is -2.31. The monoisotopic (exact) mass is 483 g/mol. The topological polar surface area (TPSA) is 41.7 Å². The first kappa shape index (κ1) is 24.5. The Morgan fingerprint density at radius 1 is 0.917 bits per heavy atom. The number of piperidine rings is 1. The van der Waals surface area contributed by atoms with Gasteiger partial charge in [-0.2, -0.15) is 0 Å². The van der Waals surface area contributed by atoms with Crippen molar-refractivity contribution >= 4 is 11.0 Å². The first-order valence-electron chi connectivity index (χ1n) is 13.1. The number of hydrogen-bond acceptors (Lipinski definition) is 5. The van der Waals surface area contributed by atoms with E-state index in [2.05, 4.69) is 83.6 Å². The normalized spacial score (nSPS) is 15.1. The van der Waals surface area contributed by atoms with E-state index >= 15 is 0 Å². The molecule has 1 aliphatic heterocycles. The molecule has 1 fully saturated rings. The Bertz CT molecular complexity index is 1230. The van der Waals surface area contributed by atoms with Gasteiger partial charge in [-0.1, -0.05) is 65.8 Å². The molecule has 0 N–H and O–H groups in total. The second-order valence-electron chi connectivity index (χ2n) is 10.3. The van der Waals surface area contributed by atoms with Crippen LogP contribution in [0.15, 0.2) is 77.3 Å². The number of rotatable bonds is 10. The first-order valence-corrected chi connectivity index (χ1v) is 13.1. The van der Waals surface area contributed by atoms with Gasteiger partial charge in [0, 0.05) is 18.5 Å². The largest absolute Gasteiger partial charge is 0.488 e. The van der Waals surface area contributed by atoms with Crippen LogP contribution in [0.2, 0.25) is 0 Å². The van der Waals surface area contributed by atoms with Crippen LogP contribution in [0, 0.1) is 5.92 Å². The molecular weight excluding hydrogens is 446 g/mol. The number of aromatic nitrogens is 1. The second kappa shape index (κ2) is 11.7. The zero-order valence-electron chi connectivity index (χ0n) is 21.5. The van der Waals surface area contributed by atoms with Gasteiger partial charge in [0.15, 0.2) is 5.58 Å². The molecule has 5 nitrogen and oxygen atoms in total. The third-order valence-electron chi connectivity index (χ3n) is 7.23. The van der Waals surface area contributed by atoms with E-state index in [0.29, 0.717) is 6.61 Å². The molecule has 36 heavy (non-hydrogen) atoms. The fourth-order valence-corrected chi connectivity index (χ4v) is 5.22. The number of nitrogens with zero attached hydrogens (tertiary/aromatic N) is 3. The maximum Gasteiger partial charge on any atom is 0.175 e. The summed E-state index contributed by atoms with van der Waals surface area (Å²) in [5.74, 6) is 1.62. The third-order valence-corrected chi connectivity index (χ3v) is 7.23. The zero-order valence-corrected chi connectivity index (χ0v) is 21.5. The number of ether oxygens (including phenoxy) is 1. The molecular formula is C31H37N3O2. The predicted molar refractivity (Wildman–Crippen MR) is 145 cm³/mol. The molecule has 0 atom stereocenters. The van der Waals surface area contributed by atoms with Crippen molar-refractivity contribution in [3.05, 3.63) is 95.2 Å². The molecule has 0 amide bonds. The van der Waals surface area contributed by atoms with Crippen molar-refractivity contribution in [2.24, 2.45) is 5.92 Å². The number of aryl methyl sites for hydroxylation is 1. The van der Waals surface area contributed by atoms with Crippen LogP contribution in [0.1, 0.15) is 41.6 Å². The van der Waals surface area contributed by atoms with Crippen molar-refractivity contribution in [2.45, 2.75) is 45.4 Å². The molecule has 4 aromatic rings. The third kappa shape index (κ3) is 6.15. The van der Waals surface area contributed by atoms with Gasteiger partial charge in [0.2, 0.25) is 0 Å². The van der Waals surface area contributed by atoms with E-state index in [0.717, 1.165) is 65.4 Å². The molecule has 5 heteroatoms. The van der Waals surface area contributed by atoms with Gasteiger partial charge in [-0.15, -0.1) is 0 Å². The molecule has 188 valence electrons. The molecule has 1 saturated heterocycles. The fourth-order valence-electron chi connectivity index (χ4n) is 5.22. The van der Waals surface area contributed by atoms with E-state index in [4.69, 9.17) is 9.26 Å². The zero-order chi connectivity index (χ0) is 24.7. The van der Waals surface area contributed by atoms with Gasteiger partial charge in [0.05, 0.1) is 11.3 Å². The summed E-state index contributed by atoms with van der Waals surface area (Å²) in [5.41, 5.74) is 5.57. The summed E-state index contributed by atoms with van der Waals surface area (Å²) in [4.78, 5) is 4.73. The number of fused-ring (bicyclic) bond motifs is 1. The van der Waals surface area contributed by atoms with Gasteiger partial charge in [-0.25, -0.2) is 0 Å². The molecule has 0 radical (unpaired) electrons. The van der Waals surface area contributed by atoms with E-state index in [9.17, 15) is 0 Å². The first-order chi connectivity index (χ1) is 17.7. The average Bonchev–Trinajstić information content (AvgIpc) is 3.32. The summed E-state index contributed by atoms with van der Waals surface area (Å²) in [6, 6.07) is 25.3. The van der Waals surface area contributed by atoms with Crippen LogP contribution in [-0.2, 0) is 26.1 Å². The van der Waals surface area contributed by atoms with Gasteiger partial charge in [-0.3, -0.25) is 4.90 Å². The predicted octanol–water partition coefficient (Wildman–Crippen LogP) is 6.31. The molecule has 1 aromatic heterocycles. The van der Waals surface area contributed by atoms with Crippen LogP contribution in [0.25, 0.3) is 11.0 Å². The lowest BCUT2D eigenvalue weighted by Crippen LogP contribution is -2.33. The maximum atomic E-state index is 6.23. The van der Waals surface area contributed by atoms with Crippen molar-refractivity contribution in [1.82, 2.24) is 15.0 Å². The van der Waals surface area contributed by atoms with Crippen molar-refractivity contribution in [1.29, 1.82) is 0 Å². The van der Waals surface area contributed by atoms with Crippen molar-refractivity contribution < 1.29 is 9.26 Å². The smallest absolute Gasteiger partial charge is 0.175 e. The minimum absolute atomic E-state index is 0.538. The standard InChI is InChI=1S/C31H37N3O2/c1-33(2)22-28-30(35-23-26-11-7-4-8-12-26)16-14-27-29(32-36-31(27)28)15-13-24-17-19-34(20-18-24)21-25-9-5-3-6-10-25/h3-12,14,16,24H,13,15,17-23H2,1-2H3. The summed E-state index contributed by atoms with van der Waals surface area (Å²) in [6.07, 6.45) is 4.63. The molecule has 3 aromatic carbocycles. The molecule has 0 bridgehead atoms. The highest BCUT2D eigenvalue weighted by Crippen LogP contribution is 2.33. The average molecular weight is 484 g/mol. The number of likely N-dealkylation sites (tertiary alicyclic amines) is 1. The Balaban J connectivity index is 1.21. The van der Waals surface area contributed by atoms with Crippen LogP contribution in [-0.4, -0.2) is 42.1 Å². The SMILES string of the molecule is CN(C)Cc1c(OCc2ccccc2)ccc2c(CCC3CCN(Cc4ccccc4)CC3)noc12. The molecule has 0 aliphatic carbocycles. The van der Waals surface area contributed by atoms with Crippen LogP contribution in [0.5, 0.6) is 5.75 Å². The van der Waals surface area contributed by atoms with Gasteiger partial charge >= 0.3 is 0 Å². The number of benzene rings is 3. The van der Waals surface area contributed by atoms with Crippen LogP contribution < -0.4 is 4.74 Å². The Morgan fingerprint density at radius 3 is 2.31 bits per heavy atom. The summed E-state index contributed by atoms with van der Waals surface area (Å²) < 4.78 is 12.2. The van der Waals surface area contributed by atoms with Crippen molar-refractivity contribution in [3.8, 4) is 5.75 Å². The van der Waals surface area contributed by atoms with Gasteiger partial charge in [-0.05, 0) is 82.0 Å². The Hall–Kier alpha value is -3.15. The summed E-state index contributed by atoms with van der Waals surface area (Å²) >= 11 is 0. The summed E-state index contributed by atoms with van der Waals surface area (Å²) in [6.45, 7) is 4.69. The van der Waals surface area contributed by atoms with Gasteiger partial charge < -0.3 is 14.2 Å². The molecule has 2 heterocycles. The van der Waals surface area contributed by atoms with Gasteiger partial charge in [0.1, 0.15) is 12.4 Å². The Morgan fingerprint density at radius 2 is 1.61 bits per heavy atom. The van der Waals surface area contributed by atoms with E-state index in [1.807, 2.05) is 18.2 Å². The molecule has 0 unspecified atom stereocenters. The minimum Gasteiger partial charge on any atom is -0.488 e. The van der Waals surface area contributed by atoms with Crippen LogP contribution in [0.4, 0.5) is 0 Å². The van der Waals surface area contributed by atoms with E-state index in [1.54, 1.807) is 0 Å².